The predicted molar refractivity (Wildman–Crippen MR) is 110 cm³/mol. The third-order valence-corrected chi connectivity index (χ3v) is 6.61. The van der Waals surface area contributed by atoms with Gasteiger partial charge in [-0.1, -0.05) is 37.1 Å². The van der Waals surface area contributed by atoms with E-state index in [2.05, 4.69) is 34.5 Å². The number of rotatable bonds is 7. The van der Waals surface area contributed by atoms with E-state index < -0.39 is 0 Å². The van der Waals surface area contributed by atoms with Crippen molar-refractivity contribution in [2.75, 3.05) is 19.6 Å². The van der Waals surface area contributed by atoms with Crippen molar-refractivity contribution >= 4 is 17.7 Å². The summed E-state index contributed by atoms with van der Waals surface area (Å²) in [6.07, 6.45) is 6.41. The van der Waals surface area contributed by atoms with E-state index in [1.54, 1.807) is 0 Å². The molecule has 3 amide bonds. The molecular weight excluding hydrogens is 366 g/mol. The number of fused-ring (bicyclic) bond motifs is 1. The zero-order valence-corrected chi connectivity index (χ0v) is 17.1. The number of nitrogens with zero attached hydrogens (tertiary/aromatic N) is 2. The normalized spacial score (nSPS) is 24.8. The first kappa shape index (κ1) is 20.1. The number of imide groups is 1. The minimum atomic E-state index is -0.140. The first-order chi connectivity index (χ1) is 14.1. The highest BCUT2D eigenvalue weighted by molar-refractivity contribution is 6.05. The lowest BCUT2D eigenvalue weighted by Gasteiger charge is -2.19. The van der Waals surface area contributed by atoms with Crippen LogP contribution in [0.25, 0.3) is 0 Å². The third-order valence-electron chi connectivity index (χ3n) is 6.61. The van der Waals surface area contributed by atoms with E-state index in [1.807, 2.05) is 0 Å². The smallest absolute Gasteiger partial charge is 0.233 e. The highest BCUT2D eigenvalue weighted by atomic mass is 16.2. The highest BCUT2D eigenvalue weighted by Gasteiger charge is 2.47. The lowest BCUT2D eigenvalue weighted by Crippen LogP contribution is -2.35. The van der Waals surface area contributed by atoms with Gasteiger partial charge in [0, 0.05) is 26.1 Å². The molecule has 1 aromatic carbocycles. The van der Waals surface area contributed by atoms with Crippen LogP contribution in [0.1, 0.15) is 56.1 Å². The van der Waals surface area contributed by atoms with Crippen molar-refractivity contribution in [3.8, 4) is 0 Å². The largest absolute Gasteiger partial charge is 0.352 e. The van der Waals surface area contributed by atoms with Crippen LogP contribution in [-0.2, 0) is 27.5 Å². The van der Waals surface area contributed by atoms with Gasteiger partial charge in [0.05, 0.1) is 11.8 Å². The molecule has 1 saturated carbocycles. The van der Waals surface area contributed by atoms with Gasteiger partial charge < -0.3 is 5.32 Å². The number of amides is 3. The Balaban J connectivity index is 1.21. The molecule has 0 bridgehead atoms. The first-order valence-corrected chi connectivity index (χ1v) is 11.0. The SMILES string of the molecule is O=C(CCN1C(=O)C2CCCCC2C1=O)NCc1ccc(CN2CCCC2)cc1. The summed E-state index contributed by atoms with van der Waals surface area (Å²) in [5, 5.41) is 2.91. The molecule has 3 aliphatic rings. The van der Waals surface area contributed by atoms with Gasteiger partial charge in [-0.05, 0) is 49.9 Å². The molecule has 2 saturated heterocycles. The Morgan fingerprint density at radius 3 is 2.10 bits per heavy atom. The fourth-order valence-electron chi connectivity index (χ4n) is 4.92. The van der Waals surface area contributed by atoms with E-state index in [9.17, 15) is 14.4 Å². The molecule has 3 fully saturated rings. The van der Waals surface area contributed by atoms with Gasteiger partial charge >= 0.3 is 0 Å². The Morgan fingerprint density at radius 1 is 0.897 bits per heavy atom. The van der Waals surface area contributed by atoms with Crippen LogP contribution in [0.2, 0.25) is 0 Å². The van der Waals surface area contributed by atoms with Crippen molar-refractivity contribution in [3.63, 3.8) is 0 Å². The van der Waals surface area contributed by atoms with Crippen LogP contribution in [0, 0.1) is 11.8 Å². The van der Waals surface area contributed by atoms with E-state index in [0.717, 1.165) is 37.8 Å². The Bertz CT molecular complexity index is 731. The number of nitrogens with one attached hydrogen (secondary N) is 1. The summed E-state index contributed by atoms with van der Waals surface area (Å²) in [6.45, 7) is 4.02. The molecule has 156 valence electrons. The van der Waals surface area contributed by atoms with E-state index in [4.69, 9.17) is 0 Å². The maximum atomic E-state index is 12.5. The Kier molecular flexibility index (Phi) is 6.28. The first-order valence-electron chi connectivity index (χ1n) is 11.0. The fraction of sp³-hybridized carbons (Fsp3) is 0.609. The van der Waals surface area contributed by atoms with E-state index in [-0.39, 0.29) is 42.5 Å². The Morgan fingerprint density at radius 2 is 1.48 bits per heavy atom. The van der Waals surface area contributed by atoms with Gasteiger partial charge in [-0.2, -0.15) is 0 Å². The quantitative estimate of drug-likeness (QED) is 0.718. The summed E-state index contributed by atoms with van der Waals surface area (Å²) < 4.78 is 0. The van der Waals surface area contributed by atoms with Crippen LogP contribution in [0.15, 0.2) is 24.3 Å². The lowest BCUT2D eigenvalue weighted by molar-refractivity contribution is -0.140. The number of carbonyl (C=O) groups is 3. The van der Waals surface area contributed by atoms with Crippen molar-refractivity contribution < 1.29 is 14.4 Å². The summed E-state index contributed by atoms with van der Waals surface area (Å²) >= 11 is 0. The molecule has 0 spiro atoms. The highest BCUT2D eigenvalue weighted by Crippen LogP contribution is 2.37. The second kappa shape index (κ2) is 9.08. The lowest BCUT2D eigenvalue weighted by atomic mass is 9.81. The van der Waals surface area contributed by atoms with E-state index >= 15 is 0 Å². The number of hydrogen-bond acceptors (Lipinski definition) is 4. The molecule has 1 aliphatic carbocycles. The van der Waals surface area contributed by atoms with Crippen molar-refractivity contribution in [1.82, 2.24) is 15.1 Å². The maximum Gasteiger partial charge on any atom is 0.233 e. The van der Waals surface area contributed by atoms with Crippen LogP contribution in [-0.4, -0.2) is 47.2 Å². The van der Waals surface area contributed by atoms with Gasteiger partial charge in [0.15, 0.2) is 0 Å². The minimum absolute atomic E-state index is 0.0684. The predicted octanol–water partition coefficient (Wildman–Crippen LogP) is 2.46. The monoisotopic (exact) mass is 397 g/mol. The maximum absolute atomic E-state index is 12.5. The van der Waals surface area contributed by atoms with Gasteiger partial charge in [0.1, 0.15) is 0 Å². The zero-order valence-electron chi connectivity index (χ0n) is 17.1. The molecule has 2 unspecified atom stereocenters. The average Bonchev–Trinajstić information content (AvgIpc) is 3.33. The molecule has 0 radical (unpaired) electrons. The molecule has 29 heavy (non-hydrogen) atoms. The van der Waals surface area contributed by atoms with Crippen molar-refractivity contribution in [2.24, 2.45) is 11.8 Å². The molecule has 1 N–H and O–H groups in total. The van der Waals surface area contributed by atoms with Gasteiger partial charge in [-0.3, -0.25) is 24.2 Å². The Labute approximate surface area is 172 Å². The summed E-state index contributed by atoms with van der Waals surface area (Å²) in [5.41, 5.74) is 2.36. The standard InChI is InChI=1S/C23H31N3O3/c27-21(11-14-26-22(28)19-5-1-2-6-20(19)23(26)29)24-15-17-7-9-18(10-8-17)16-25-12-3-4-13-25/h7-10,19-20H,1-6,11-16H2,(H,24,27). The molecule has 2 heterocycles. The molecule has 2 atom stereocenters. The second-order valence-corrected chi connectivity index (χ2v) is 8.65. The Hall–Kier alpha value is -2.21. The van der Waals surface area contributed by atoms with Crippen LogP contribution >= 0.6 is 0 Å². The van der Waals surface area contributed by atoms with Crippen LogP contribution in [0.4, 0.5) is 0 Å². The van der Waals surface area contributed by atoms with Crippen molar-refractivity contribution in [1.29, 1.82) is 0 Å². The van der Waals surface area contributed by atoms with E-state index in [1.165, 1.54) is 36.4 Å². The van der Waals surface area contributed by atoms with Crippen molar-refractivity contribution in [3.05, 3.63) is 35.4 Å². The number of carbonyl (C=O) groups excluding carboxylic acids is 3. The second-order valence-electron chi connectivity index (χ2n) is 8.65. The van der Waals surface area contributed by atoms with Gasteiger partial charge in [0.2, 0.25) is 17.7 Å². The summed E-state index contributed by atoms with van der Waals surface area (Å²) in [7, 11) is 0. The number of likely N-dealkylation sites (tertiary alicyclic amines) is 2. The fourth-order valence-corrected chi connectivity index (χ4v) is 4.92. The van der Waals surface area contributed by atoms with Gasteiger partial charge in [0.25, 0.3) is 0 Å². The van der Waals surface area contributed by atoms with Crippen LogP contribution in [0.5, 0.6) is 0 Å². The molecule has 6 nitrogen and oxygen atoms in total. The third kappa shape index (κ3) is 4.69. The van der Waals surface area contributed by atoms with E-state index in [0.29, 0.717) is 6.54 Å². The van der Waals surface area contributed by atoms with Crippen LogP contribution < -0.4 is 5.32 Å². The van der Waals surface area contributed by atoms with Crippen LogP contribution in [0.3, 0.4) is 0 Å². The molecule has 6 heteroatoms. The summed E-state index contributed by atoms with van der Waals surface area (Å²) in [4.78, 5) is 41.0. The molecule has 2 aliphatic heterocycles. The molecule has 0 aromatic heterocycles. The van der Waals surface area contributed by atoms with Crippen molar-refractivity contribution in [2.45, 2.75) is 58.0 Å². The minimum Gasteiger partial charge on any atom is -0.352 e. The summed E-state index contributed by atoms with van der Waals surface area (Å²) in [6, 6.07) is 8.38. The molecule has 1 aromatic rings. The topological polar surface area (TPSA) is 69.7 Å². The van der Waals surface area contributed by atoms with Gasteiger partial charge in [-0.25, -0.2) is 0 Å². The number of hydrogen-bond donors (Lipinski definition) is 1. The number of benzene rings is 1. The zero-order chi connectivity index (χ0) is 20.2. The summed E-state index contributed by atoms with van der Waals surface area (Å²) in [5.74, 6) is -0.541. The molecule has 4 rings (SSSR count). The van der Waals surface area contributed by atoms with Gasteiger partial charge in [-0.15, -0.1) is 0 Å². The average molecular weight is 398 g/mol. The molecular formula is C23H31N3O3.